The third kappa shape index (κ3) is 4.69. The van der Waals surface area contributed by atoms with E-state index in [2.05, 4.69) is 41.9 Å². The van der Waals surface area contributed by atoms with E-state index in [-0.39, 0.29) is 52.8 Å². The van der Waals surface area contributed by atoms with Crippen LogP contribution in [0, 0.1) is 41.8 Å². The van der Waals surface area contributed by atoms with Crippen molar-refractivity contribution in [1.82, 2.24) is 34.5 Å². The van der Waals surface area contributed by atoms with Gasteiger partial charge in [-0.25, -0.2) is 14.1 Å². The van der Waals surface area contributed by atoms with Crippen LogP contribution in [0.2, 0.25) is 10.0 Å². The number of nitrogens with zero attached hydrogens (tertiary/aromatic N) is 8. The number of anilines is 1. The second-order valence-electron chi connectivity index (χ2n) is 15.5. The van der Waals surface area contributed by atoms with Gasteiger partial charge < -0.3 is 19.7 Å². The molecule has 3 aromatic heterocycles. The predicted octanol–water partition coefficient (Wildman–Crippen LogP) is 6.92. The first-order chi connectivity index (χ1) is 25.2. The summed E-state index contributed by atoms with van der Waals surface area (Å²) >= 11 is 13.2. The molecule has 11 rings (SSSR count). The molecule has 4 bridgehead atoms. The summed E-state index contributed by atoms with van der Waals surface area (Å²) in [5.74, 6) is 1.27. The molecule has 1 N–H and O–H groups in total. The van der Waals surface area contributed by atoms with Gasteiger partial charge in [0.2, 0.25) is 11.9 Å². The zero-order valence-electron chi connectivity index (χ0n) is 29.0. The highest BCUT2D eigenvalue weighted by molar-refractivity contribution is 6.43. The minimum atomic E-state index is -0.467. The highest BCUT2D eigenvalue weighted by atomic mass is 35.5. The molecular formula is C39H38Cl2FN9O. The highest BCUT2D eigenvalue weighted by Gasteiger charge is 2.55. The van der Waals surface area contributed by atoms with E-state index in [1.165, 1.54) is 0 Å². The Morgan fingerprint density at radius 3 is 2.69 bits per heavy atom. The number of likely N-dealkylation sites (tertiary alicyclic amines) is 1. The van der Waals surface area contributed by atoms with Crippen molar-refractivity contribution in [2.75, 3.05) is 24.5 Å². The number of aromatic nitrogens is 5. The molecule has 4 aliphatic heterocycles. The molecule has 266 valence electrons. The van der Waals surface area contributed by atoms with Crippen LogP contribution in [0.15, 0.2) is 36.7 Å². The van der Waals surface area contributed by atoms with Crippen molar-refractivity contribution in [3.05, 3.63) is 69.5 Å². The lowest BCUT2D eigenvalue weighted by molar-refractivity contribution is -0.135. The van der Waals surface area contributed by atoms with Crippen molar-refractivity contribution < 1.29 is 9.18 Å². The van der Waals surface area contributed by atoms with Gasteiger partial charge in [-0.3, -0.25) is 4.79 Å². The number of aryl methyl sites for hydroxylation is 3. The van der Waals surface area contributed by atoms with Gasteiger partial charge in [0, 0.05) is 84.3 Å². The third-order valence-electron chi connectivity index (χ3n) is 12.5. The number of carbonyl (C=O) groups is 1. The lowest BCUT2D eigenvalue weighted by Gasteiger charge is -2.40. The Balaban J connectivity index is 1.22. The largest absolute Gasteiger partial charge is 0.339 e. The molecule has 1 amide bonds. The normalized spacial score (nSPS) is 26.4. The number of fused-ring (bicyclic) bond motifs is 6. The number of hydrogen-bond acceptors (Lipinski definition) is 7. The van der Waals surface area contributed by atoms with Crippen LogP contribution in [0.1, 0.15) is 61.1 Å². The number of hydrogen-bond donors (Lipinski definition) is 1. The minimum Gasteiger partial charge on any atom is -0.339 e. The predicted molar refractivity (Wildman–Crippen MR) is 198 cm³/mol. The van der Waals surface area contributed by atoms with E-state index in [9.17, 15) is 10.1 Å². The Labute approximate surface area is 310 Å². The standard InChI is InChI=1S/C39H38Cl2FN9O/c1-19-26-14-30(36-23-11-24(50(36)38(52)20-8-9-20)17-49(16-23)39-45-18-46-48(39)2)51(35-22-13-29(35)44-15-22)37(26)27-12-21(5-4-10-43)31(33(42)34(27)47-19)25-6-3-7-28(40)32(25)41/h3,6-7,12,14,18,20,22-24,29,35-36,44H,4-5,8-9,11,13,15-17H2,1-2H3/t22-,23+,24-,29-,35+,36-/m1/s1. The van der Waals surface area contributed by atoms with E-state index < -0.39 is 5.82 Å². The van der Waals surface area contributed by atoms with Gasteiger partial charge in [-0.2, -0.15) is 15.3 Å². The van der Waals surface area contributed by atoms with Crippen LogP contribution < -0.4 is 10.2 Å². The number of rotatable bonds is 7. The summed E-state index contributed by atoms with van der Waals surface area (Å²) in [6.07, 6.45) is 6.02. The summed E-state index contributed by atoms with van der Waals surface area (Å²) in [7, 11) is 1.91. The molecule has 6 atom stereocenters. The van der Waals surface area contributed by atoms with Crippen LogP contribution in [-0.2, 0) is 18.3 Å². The van der Waals surface area contributed by atoms with Crippen LogP contribution in [0.4, 0.5) is 10.3 Å². The van der Waals surface area contributed by atoms with E-state index in [1.807, 2.05) is 24.7 Å². The quantitative estimate of drug-likeness (QED) is 0.193. The maximum Gasteiger partial charge on any atom is 0.226 e. The van der Waals surface area contributed by atoms with Crippen LogP contribution in [-0.4, -0.2) is 66.8 Å². The summed E-state index contributed by atoms with van der Waals surface area (Å²) in [5, 5.41) is 20.0. The molecule has 6 aliphatic rings. The van der Waals surface area contributed by atoms with Crippen LogP contribution in [0.5, 0.6) is 0 Å². The van der Waals surface area contributed by atoms with Gasteiger partial charge in [0.15, 0.2) is 5.82 Å². The van der Waals surface area contributed by atoms with E-state index in [4.69, 9.17) is 28.2 Å². The number of piperidine rings is 1. The number of nitriles is 1. The number of amides is 1. The average Bonchev–Trinajstić information content (AvgIpc) is 3.46. The van der Waals surface area contributed by atoms with Crippen molar-refractivity contribution in [3.63, 3.8) is 0 Å². The molecule has 5 aromatic rings. The van der Waals surface area contributed by atoms with Crippen LogP contribution in [0.25, 0.3) is 32.9 Å². The molecular weight excluding hydrogens is 700 g/mol. The highest BCUT2D eigenvalue weighted by Crippen LogP contribution is 2.54. The van der Waals surface area contributed by atoms with E-state index in [1.54, 1.807) is 24.5 Å². The summed E-state index contributed by atoms with van der Waals surface area (Å²) in [4.78, 5) is 28.4. The molecule has 0 unspecified atom stereocenters. The summed E-state index contributed by atoms with van der Waals surface area (Å²) in [6, 6.07) is 12.1. The second-order valence-corrected chi connectivity index (χ2v) is 16.3. The second kappa shape index (κ2) is 11.9. The molecule has 2 saturated carbocycles. The molecule has 2 aliphatic carbocycles. The summed E-state index contributed by atoms with van der Waals surface area (Å²) in [6.45, 7) is 4.35. The monoisotopic (exact) mass is 737 g/mol. The summed E-state index contributed by atoms with van der Waals surface area (Å²) in [5.41, 5.74) is 4.57. The fourth-order valence-corrected chi connectivity index (χ4v) is 10.4. The average molecular weight is 739 g/mol. The topological polar surface area (TPSA) is 108 Å². The third-order valence-corrected chi connectivity index (χ3v) is 13.3. The SMILES string of the molecule is Cc1nc2c(F)c(-c3cccc(Cl)c3Cl)c(CCC#N)cc2c2c1cc([C@H]1[C@H]3C[C@H](CN(c4ncnn4C)C3)N1C(=O)C1CC1)n2[C@H]1[C@H]2CN[C@@H]1C2. The minimum absolute atomic E-state index is 0.0484. The molecule has 0 spiro atoms. The molecule has 0 radical (unpaired) electrons. The van der Waals surface area contributed by atoms with E-state index in [0.717, 1.165) is 67.0 Å². The molecule has 10 nitrogen and oxygen atoms in total. The molecule has 13 heteroatoms. The van der Waals surface area contributed by atoms with Crippen molar-refractivity contribution in [3.8, 4) is 17.2 Å². The van der Waals surface area contributed by atoms with E-state index >= 15 is 4.39 Å². The maximum absolute atomic E-state index is 17.3. The molecule has 2 aromatic carbocycles. The van der Waals surface area contributed by atoms with Gasteiger partial charge in [-0.1, -0.05) is 35.3 Å². The Bertz CT molecular complexity index is 2350. The summed E-state index contributed by atoms with van der Waals surface area (Å²) < 4.78 is 21.6. The molecule has 4 saturated heterocycles. The first-order valence-corrected chi connectivity index (χ1v) is 19.1. The Morgan fingerprint density at radius 1 is 1.13 bits per heavy atom. The lowest BCUT2D eigenvalue weighted by Crippen LogP contribution is -2.45. The number of carbonyl (C=O) groups excluding carboxylic acids is 1. The van der Waals surface area contributed by atoms with Crippen molar-refractivity contribution >= 4 is 56.9 Å². The lowest BCUT2D eigenvalue weighted by atomic mass is 9.79. The zero-order valence-corrected chi connectivity index (χ0v) is 30.5. The number of nitrogens with one attached hydrogen (secondary N) is 1. The first-order valence-electron chi connectivity index (χ1n) is 18.4. The maximum atomic E-state index is 17.3. The van der Waals surface area contributed by atoms with E-state index in [0.29, 0.717) is 52.0 Å². The van der Waals surface area contributed by atoms with Crippen molar-refractivity contribution in [1.29, 1.82) is 5.26 Å². The molecule has 52 heavy (non-hydrogen) atoms. The van der Waals surface area contributed by atoms with Gasteiger partial charge >= 0.3 is 0 Å². The van der Waals surface area contributed by atoms with Crippen molar-refractivity contribution in [2.24, 2.45) is 24.8 Å². The zero-order chi connectivity index (χ0) is 35.6. The van der Waals surface area contributed by atoms with Gasteiger partial charge in [0.05, 0.1) is 39.8 Å². The van der Waals surface area contributed by atoms with Gasteiger partial charge in [-0.15, -0.1) is 0 Å². The van der Waals surface area contributed by atoms with Gasteiger partial charge in [0.25, 0.3) is 0 Å². The first kappa shape index (κ1) is 32.4. The molecule has 7 heterocycles. The van der Waals surface area contributed by atoms with Crippen LogP contribution in [0.3, 0.4) is 0 Å². The smallest absolute Gasteiger partial charge is 0.226 e. The molecule has 6 fully saturated rings. The Morgan fingerprint density at radius 2 is 1.98 bits per heavy atom. The number of benzene rings is 2. The Kier molecular flexibility index (Phi) is 7.41. The van der Waals surface area contributed by atoms with Crippen molar-refractivity contribution in [2.45, 2.75) is 69.6 Å². The Hall–Kier alpha value is -4.24. The fourth-order valence-electron chi connectivity index (χ4n) is 10.0. The van der Waals surface area contributed by atoms with Gasteiger partial charge in [0.1, 0.15) is 11.8 Å². The number of halogens is 3. The number of pyridine rings is 1. The van der Waals surface area contributed by atoms with Gasteiger partial charge in [-0.05, 0) is 68.7 Å². The van der Waals surface area contributed by atoms with Crippen LogP contribution >= 0.6 is 23.2 Å². The fraction of sp³-hybridized carbons (Fsp3) is 0.462.